The summed E-state index contributed by atoms with van der Waals surface area (Å²) in [6.45, 7) is 5.16. The number of carbonyl (C=O) groups excluding carboxylic acids is 1. The van der Waals surface area contributed by atoms with Crippen LogP contribution in [0.5, 0.6) is 5.75 Å². The molecule has 0 aliphatic carbocycles. The van der Waals surface area contributed by atoms with Gasteiger partial charge in [0.15, 0.2) is 0 Å². The number of hydrogen-bond acceptors (Lipinski definition) is 5. The quantitative estimate of drug-likeness (QED) is 0.600. The third kappa shape index (κ3) is 3.67. The van der Waals surface area contributed by atoms with E-state index in [0.29, 0.717) is 32.1 Å². The maximum atomic E-state index is 12.7. The predicted octanol–water partition coefficient (Wildman–Crippen LogP) is 1.88. The Kier molecular flexibility index (Phi) is 5.17. The summed E-state index contributed by atoms with van der Waals surface area (Å²) in [5.41, 5.74) is 2.09. The van der Waals surface area contributed by atoms with Crippen LogP contribution in [0.3, 0.4) is 0 Å². The molecule has 0 radical (unpaired) electrons. The highest BCUT2D eigenvalue weighted by Crippen LogP contribution is 2.23. The van der Waals surface area contributed by atoms with E-state index in [4.69, 9.17) is 9.47 Å². The van der Waals surface area contributed by atoms with Crippen molar-refractivity contribution in [2.45, 2.75) is 18.7 Å². The second kappa shape index (κ2) is 7.22. The smallest absolute Gasteiger partial charge is 0.360 e. The molecule has 3 rings (SSSR count). The fraction of sp³-hybridized carbons (Fsp3) is 0.389. The summed E-state index contributed by atoms with van der Waals surface area (Å²) in [6, 6.07) is 6.87. The first-order valence-corrected chi connectivity index (χ1v) is 9.77. The lowest BCUT2D eigenvalue weighted by atomic mass is 10.1. The van der Waals surface area contributed by atoms with E-state index < -0.39 is 16.0 Å². The maximum absolute atomic E-state index is 12.7. The van der Waals surface area contributed by atoms with Crippen LogP contribution in [0.15, 0.2) is 35.4 Å². The van der Waals surface area contributed by atoms with E-state index in [2.05, 4.69) is 0 Å². The van der Waals surface area contributed by atoms with Crippen LogP contribution in [0.2, 0.25) is 0 Å². The third-order valence-corrected chi connectivity index (χ3v) is 6.19. The monoisotopic (exact) mass is 378 g/mol. The van der Waals surface area contributed by atoms with Gasteiger partial charge in [0.1, 0.15) is 16.3 Å². The van der Waals surface area contributed by atoms with E-state index in [0.717, 1.165) is 11.1 Å². The summed E-state index contributed by atoms with van der Waals surface area (Å²) >= 11 is 0. The number of sulfonamides is 1. The predicted molar refractivity (Wildman–Crippen MR) is 95.9 cm³/mol. The molecule has 1 fully saturated rings. The van der Waals surface area contributed by atoms with E-state index in [1.54, 1.807) is 13.1 Å². The van der Waals surface area contributed by atoms with Crippen molar-refractivity contribution in [1.82, 2.24) is 8.87 Å². The second-order valence-corrected chi connectivity index (χ2v) is 8.28. The van der Waals surface area contributed by atoms with Crippen LogP contribution in [-0.4, -0.2) is 49.6 Å². The van der Waals surface area contributed by atoms with E-state index in [1.165, 1.54) is 21.1 Å². The number of morpholine rings is 1. The number of nitrogens with zero attached hydrogens (tertiary/aromatic N) is 2. The Labute approximate surface area is 153 Å². The highest BCUT2D eigenvalue weighted by atomic mass is 32.2. The molecule has 1 aromatic carbocycles. The van der Waals surface area contributed by atoms with Gasteiger partial charge in [-0.1, -0.05) is 17.7 Å². The van der Waals surface area contributed by atoms with Gasteiger partial charge >= 0.3 is 5.97 Å². The fourth-order valence-corrected chi connectivity index (χ4v) is 4.36. The molecule has 140 valence electrons. The van der Waals surface area contributed by atoms with Crippen LogP contribution in [0.1, 0.15) is 21.6 Å². The molecule has 0 bridgehead atoms. The zero-order valence-corrected chi connectivity index (χ0v) is 15.9. The topological polar surface area (TPSA) is 77.8 Å². The van der Waals surface area contributed by atoms with E-state index in [1.807, 2.05) is 26.0 Å². The molecule has 0 spiro atoms. The molecule has 0 amide bonds. The summed E-state index contributed by atoms with van der Waals surface area (Å²) < 4.78 is 38.9. The Hall–Kier alpha value is -2.16. The summed E-state index contributed by atoms with van der Waals surface area (Å²) in [4.78, 5) is 12.6. The number of carbonyl (C=O) groups is 1. The standard InChI is InChI=1S/C18H22N2O5S/c1-13-4-5-17(14(2)10-13)25-18(21)16-11-15(12-19(16)3)26(22,23)20-6-8-24-9-7-20/h4-5,10-12H,6-9H2,1-3H3. The van der Waals surface area contributed by atoms with Gasteiger partial charge in [-0.2, -0.15) is 4.31 Å². The fourth-order valence-electron chi connectivity index (χ4n) is 2.88. The summed E-state index contributed by atoms with van der Waals surface area (Å²) in [5, 5.41) is 0. The van der Waals surface area contributed by atoms with Crippen LogP contribution >= 0.6 is 0 Å². The molecular formula is C18H22N2O5S. The van der Waals surface area contributed by atoms with E-state index >= 15 is 0 Å². The van der Waals surface area contributed by atoms with Crippen molar-refractivity contribution in [2.24, 2.45) is 7.05 Å². The van der Waals surface area contributed by atoms with Crippen LogP contribution in [0.4, 0.5) is 0 Å². The van der Waals surface area contributed by atoms with E-state index in [9.17, 15) is 13.2 Å². The number of ether oxygens (including phenoxy) is 2. The largest absolute Gasteiger partial charge is 0.422 e. The van der Waals surface area contributed by atoms with Crippen molar-refractivity contribution in [3.63, 3.8) is 0 Å². The molecule has 0 atom stereocenters. The Morgan fingerprint density at radius 3 is 2.50 bits per heavy atom. The number of aromatic nitrogens is 1. The molecule has 0 unspecified atom stereocenters. The van der Waals surface area contributed by atoms with E-state index in [-0.39, 0.29) is 10.6 Å². The first-order chi connectivity index (χ1) is 12.3. The van der Waals surface area contributed by atoms with Crippen molar-refractivity contribution in [3.8, 4) is 5.75 Å². The molecule has 1 aliphatic heterocycles. The molecule has 0 saturated carbocycles. The molecule has 2 heterocycles. The van der Waals surface area contributed by atoms with Gasteiger partial charge in [0.2, 0.25) is 10.0 Å². The van der Waals surface area contributed by atoms with Crippen molar-refractivity contribution in [3.05, 3.63) is 47.3 Å². The summed E-state index contributed by atoms with van der Waals surface area (Å²) in [6.07, 6.45) is 1.43. The third-order valence-electron chi connectivity index (χ3n) is 4.33. The zero-order chi connectivity index (χ0) is 18.9. The SMILES string of the molecule is Cc1ccc(OC(=O)c2cc(S(=O)(=O)N3CCOCC3)cn2C)c(C)c1. The van der Waals surface area contributed by atoms with Gasteiger partial charge in [-0.05, 0) is 31.5 Å². The van der Waals surface area contributed by atoms with Gasteiger partial charge in [-0.15, -0.1) is 0 Å². The molecule has 7 nitrogen and oxygen atoms in total. The average Bonchev–Trinajstić information content (AvgIpc) is 3.01. The van der Waals surface area contributed by atoms with Gasteiger partial charge in [0, 0.05) is 26.3 Å². The minimum absolute atomic E-state index is 0.0782. The highest BCUT2D eigenvalue weighted by molar-refractivity contribution is 7.89. The lowest BCUT2D eigenvalue weighted by molar-refractivity contribution is 0.0722. The van der Waals surface area contributed by atoms with Crippen molar-refractivity contribution in [2.75, 3.05) is 26.3 Å². The van der Waals surface area contributed by atoms with Crippen LogP contribution in [0.25, 0.3) is 0 Å². The Morgan fingerprint density at radius 2 is 1.85 bits per heavy atom. The van der Waals surface area contributed by atoms with Crippen molar-refractivity contribution < 1.29 is 22.7 Å². The Morgan fingerprint density at radius 1 is 1.15 bits per heavy atom. The number of benzene rings is 1. The first kappa shape index (κ1) is 18.6. The van der Waals surface area contributed by atoms with Gasteiger partial charge in [0.05, 0.1) is 13.2 Å². The minimum atomic E-state index is -3.66. The first-order valence-electron chi connectivity index (χ1n) is 8.33. The van der Waals surface area contributed by atoms with Crippen LogP contribution in [-0.2, 0) is 21.8 Å². The maximum Gasteiger partial charge on any atom is 0.360 e. The van der Waals surface area contributed by atoms with Gasteiger partial charge in [0.25, 0.3) is 0 Å². The highest BCUT2D eigenvalue weighted by Gasteiger charge is 2.29. The lowest BCUT2D eigenvalue weighted by Crippen LogP contribution is -2.40. The second-order valence-electron chi connectivity index (χ2n) is 6.35. The van der Waals surface area contributed by atoms with Gasteiger partial charge in [-0.3, -0.25) is 0 Å². The molecule has 26 heavy (non-hydrogen) atoms. The molecule has 2 aromatic rings. The molecule has 8 heteroatoms. The molecule has 1 aliphatic rings. The van der Waals surface area contributed by atoms with Crippen LogP contribution in [0, 0.1) is 13.8 Å². The molecule has 1 saturated heterocycles. The Bertz CT molecular complexity index is 927. The van der Waals surface area contributed by atoms with Crippen LogP contribution < -0.4 is 4.74 Å². The molecular weight excluding hydrogens is 356 g/mol. The Balaban J connectivity index is 1.84. The van der Waals surface area contributed by atoms with Crippen molar-refractivity contribution in [1.29, 1.82) is 0 Å². The van der Waals surface area contributed by atoms with Crippen molar-refractivity contribution >= 4 is 16.0 Å². The molecule has 0 N–H and O–H groups in total. The zero-order valence-electron chi connectivity index (χ0n) is 15.1. The number of aryl methyl sites for hydroxylation is 3. The van der Waals surface area contributed by atoms with Gasteiger partial charge < -0.3 is 14.0 Å². The lowest BCUT2D eigenvalue weighted by Gasteiger charge is -2.25. The summed E-state index contributed by atoms with van der Waals surface area (Å²) in [7, 11) is -2.04. The number of esters is 1. The average molecular weight is 378 g/mol. The number of rotatable bonds is 4. The number of hydrogen-bond donors (Lipinski definition) is 0. The minimum Gasteiger partial charge on any atom is -0.422 e. The van der Waals surface area contributed by atoms with Gasteiger partial charge in [-0.25, -0.2) is 13.2 Å². The summed E-state index contributed by atoms with van der Waals surface area (Å²) in [5.74, 6) is -0.137. The normalized spacial score (nSPS) is 15.8. The molecule has 1 aromatic heterocycles.